The number of aliphatic hydroxyl groups excluding tert-OH is 4. The molecule has 37 heavy (non-hydrogen) atoms. The number of carboxylic acids is 2. The summed E-state index contributed by atoms with van der Waals surface area (Å²) < 4.78 is 9.88. The van der Waals surface area contributed by atoms with Crippen molar-refractivity contribution in [2.75, 3.05) is 6.61 Å². The van der Waals surface area contributed by atoms with Crippen LogP contribution in [0.3, 0.4) is 0 Å². The van der Waals surface area contributed by atoms with Crippen LogP contribution in [0.25, 0.3) is 0 Å². The smallest absolute Gasteiger partial charge is 0.480 e. The van der Waals surface area contributed by atoms with Gasteiger partial charge in [0.25, 0.3) is 5.56 Å². The minimum Gasteiger partial charge on any atom is -0.480 e. The number of nitrogens with one attached hydrogen (secondary N) is 2. The van der Waals surface area contributed by atoms with Gasteiger partial charge in [-0.05, 0) is 0 Å². The summed E-state index contributed by atoms with van der Waals surface area (Å²) in [4.78, 5) is 71.3. The van der Waals surface area contributed by atoms with Crippen molar-refractivity contribution >= 4 is 23.9 Å². The molecule has 1 saturated heterocycles. The first-order valence-electron chi connectivity index (χ1n) is 9.84. The van der Waals surface area contributed by atoms with E-state index in [0.717, 1.165) is 0 Å². The Bertz CT molecular complexity index is 1140. The zero-order valence-electron chi connectivity index (χ0n) is 18.7. The summed E-state index contributed by atoms with van der Waals surface area (Å²) in [7, 11) is 0. The molecule has 8 atom stereocenters. The molecule has 0 saturated carbocycles. The number of carbonyl (C=O) groups is 4. The molecule has 0 spiro atoms. The van der Waals surface area contributed by atoms with E-state index in [9.17, 15) is 54.3 Å². The van der Waals surface area contributed by atoms with E-state index in [2.05, 4.69) is 4.74 Å². The van der Waals surface area contributed by atoms with E-state index < -0.39 is 96.2 Å². The van der Waals surface area contributed by atoms with Crippen molar-refractivity contribution in [2.45, 2.75) is 48.8 Å². The first kappa shape index (κ1) is 31.8. The summed E-state index contributed by atoms with van der Waals surface area (Å²) in [5.41, 5.74) is 6.72. The molecule has 0 unspecified atom stereocenters. The average molecular weight is 587 g/mol. The Morgan fingerprint density at radius 2 is 1.76 bits per heavy atom. The van der Waals surface area contributed by atoms with Crippen LogP contribution in [0.2, 0.25) is 0 Å². The summed E-state index contributed by atoms with van der Waals surface area (Å²) in [6, 6.07) is -4.17. The van der Waals surface area contributed by atoms with Gasteiger partial charge in [-0.15, -0.1) is 0 Å². The van der Waals surface area contributed by atoms with Crippen LogP contribution in [-0.4, -0.2) is 113 Å². The van der Waals surface area contributed by atoms with Crippen molar-refractivity contribution in [1.29, 1.82) is 0 Å². The maximum absolute atomic E-state index is 12.4. The number of primary amides is 1. The summed E-state index contributed by atoms with van der Waals surface area (Å²) in [5.74, 6) is -4.98. The van der Waals surface area contributed by atoms with Crippen LogP contribution in [0.4, 0.5) is 4.79 Å². The summed E-state index contributed by atoms with van der Waals surface area (Å²) in [6.45, 7) is -0.857. The van der Waals surface area contributed by atoms with Gasteiger partial charge in [-0.3, -0.25) is 19.1 Å². The molecule has 1 aliphatic heterocycles. The third-order valence-electron chi connectivity index (χ3n) is 5.10. The zero-order valence-corrected chi connectivity index (χ0v) is 21.6. The standard InChI is InChI=1S/C17H23N5O14.Zn/c18-5(7(24)4(23)2-35-16(19)33)12(28)20-6(15(31)32)10-8(25)9(26)13(36-10)22-1-3(14(29)30)11(27)21-17(22)34;/h1,4-10,13,23-26H,2,18H2,(H2,19,33)(H,20,28)(H,29,30)(H,31,32)(H,21,27,34);/q;+2/t4-,5-,6-,7+,8-,9+,10+,13+;/m0./s1. The fraction of sp³-hybridized carbons (Fsp3) is 0.529. The Morgan fingerprint density at radius 1 is 1.16 bits per heavy atom. The number of ether oxygens (including phenoxy) is 2. The number of amides is 2. The SMILES string of the molecule is NC(=O)OC[C@H](O)[C@@H](O)[C@H](N)C(=O)N[C@H](C(=O)O)[C@H]1O[C@@H](n2cc(C(=O)O)c(=O)[nH]c2=O)[C@H](O)[C@@H]1O.[Zn+2]. The minimum atomic E-state index is -2.16. The van der Waals surface area contributed by atoms with Gasteiger partial charge in [0.1, 0.15) is 48.7 Å². The van der Waals surface area contributed by atoms with Crippen molar-refractivity contribution in [1.82, 2.24) is 14.9 Å². The monoisotopic (exact) mass is 585 g/mol. The van der Waals surface area contributed by atoms with Gasteiger partial charge < -0.3 is 56.9 Å². The molecule has 2 amide bonds. The Labute approximate surface area is 217 Å². The van der Waals surface area contributed by atoms with E-state index >= 15 is 0 Å². The number of aromatic carboxylic acids is 1. The van der Waals surface area contributed by atoms with Gasteiger partial charge in [0, 0.05) is 6.20 Å². The summed E-state index contributed by atoms with van der Waals surface area (Å²) >= 11 is 0. The number of H-pyrrole nitrogens is 1. The molecule has 0 bridgehead atoms. The largest absolute Gasteiger partial charge is 2.00 e. The third-order valence-corrected chi connectivity index (χ3v) is 5.10. The number of nitrogens with zero attached hydrogens (tertiary/aromatic N) is 1. The van der Waals surface area contributed by atoms with Gasteiger partial charge in [0.05, 0.1) is 0 Å². The number of aromatic amines is 1. The van der Waals surface area contributed by atoms with Crippen molar-refractivity contribution < 1.29 is 78.8 Å². The zero-order chi connectivity index (χ0) is 27.5. The van der Waals surface area contributed by atoms with Crippen molar-refractivity contribution in [3.63, 3.8) is 0 Å². The second-order valence-corrected chi connectivity index (χ2v) is 7.53. The van der Waals surface area contributed by atoms with Crippen LogP contribution < -0.4 is 28.0 Å². The predicted molar refractivity (Wildman–Crippen MR) is 109 cm³/mol. The second-order valence-electron chi connectivity index (χ2n) is 7.53. The summed E-state index contributed by atoms with van der Waals surface area (Å²) in [6.07, 6.45) is -12.8. The number of aliphatic hydroxyl groups is 4. The number of hydrogen-bond acceptors (Lipinski definition) is 13. The van der Waals surface area contributed by atoms with Crippen LogP contribution in [0.15, 0.2) is 15.8 Å². The number of rotatable bonds is 10. The van der Waals surface area contributed by atoms with Crippen molar-refractivity contribution in [3.8, 4) is 0 Å². The molecule has 200 valence electrons. The van der Waals surface area contributed by atoms with Gasteiger partial charge in [0.2, 0.25) is 5.91 Å². The molecular weight excluding hydrogens is 564 g/mol. The number of hydrogen-bond donors (Lipinski definition) is 10. The molecule has 20 heteroatoms. The molecule has 1 fully saturated rings. The van der Waals surface area contributed by atoms with Gasteiger partial charge in [-0.1, -0.05) is 0 Å². The molecule has 12 N–H and O–H groups in total. The Morgan fingerprint density at radius 3 is 2.27 bits per heavy atom. The van der Waals surface area contributed by atoms with Gasteiger partial charge in [0.15, 0.2) is 12.3 Å². The Kier molecular flexibility index (Phi) is 11.0. The molecule has 0 aliphatic carbocycles. The molecule has 1 aliphatic rings. The molecule has 2 heterocycles. The topological polar surface area (TPSA) is 327 Å². The number of nitrogens with two attached hydrogens (primary N) is 2. The molecule has 1 aromatic heterocycles. The first-order chi connectivity index (χ1) is 16.7. The van der Waals surface area contributed by atoms with E-state index in [1.807, 2.05) is 5.32 Å². The van der Waals surface area contributed by atoms with Crippen LogP contribution in [0, 0.1) is 0 Å². The molecule has 2 rings (SSSR count). The van der Waals surface area contributed by atoms with Crippen LogP contribution in [0.1, 0.15) is 16.6 Å². The molecular formula is C17H23N5O14Zn+2. The molecule has 19 nitrogen and oxygen atoms in total. The number of aliphatic carboxylic acids is 1. The quantitative estimate of drug-likeness (QED) is 0.114. The number of carbonyl (C=O) groups excluding carboxylic acids is 2. The van der Waals surface area contributed by atoms with E-state index in [0.29, 0.717) is 10.8 Å². The molecule has 1 aromatic rings. The third kappa shape index (κ3) is 7.16. The van der Waals surface area contributed by atoms with Gasteiger partial charge in [-0.2, -0.15) is 0 Å². The maximum atomic E-state index is 12.4. The predicted octanol–water partition coefficient (Wildman–Crippen LogP) is -6.43. The number of carboxylic acid groups (broad SMARTS) is 2. The average Bonchev–Trinajstić information content (AvgIpc) is 3.08. The van der Waals surface area contributed by atoms with E-state index in [-0.39, 0.29) is 19.5 Å². The maximum Gasteiger partial charge on any atom is 2.00 e. The first-order valence-corrected chi connectivity index (χ1v) is 9.84. The van der Waals surface area contributed by atoms with Crippen LogP contribution in [0.5, 0.6) is 0 Å². The molecule has 0 aromatic carbocycles. The van der Waals surface area contributed by atoms with Crippen molar-refractivity contribution in [2.24, 2.45) is 11.5 Å². The normalized spacial score (nSPS) is 24.1. The van der Waals surface area contributed by atoms with Gasteiger partial charge in [-0.25, -0.2) is 19.2 Å². The molecule has 0 radical (unpaired) electrons. The fourth-order valence-electron chi connectivity index (χ4n) is 3.21. The summed E-state index contributed by atoms with van der Waals surface area (Å²) in [5, 5.41) is 60.7. The Balaban J connectivity index is 0.00000684. The van der Waals surface area contributed by atoms with Gasteiger partial charge >= 0.3 is 43.2 Å². The second kappa shape index (κ2) is 12.8. The van der Waals surface area contributed by atoms with Crippen LogP contribution >= 0.6 is 0 Å². The minimum absolute atomic E-state index is 0. The fourth-order valence-corrected chi connectivity index (χ4v) is 3.21. The van der Waals surface area contributed by atoms with E-state index in [4.69, 9.17) is 21.3 Å². The van der Waals surface area contributed by atoms with Crippen molar-refractivity contribution in [3.05, 3.63) is 32.6 Å². The van der Waals surface area contributed by atoms with E-state index in [1.165, 1.54) is 0 Å². The number of aromatic nitrogens is 2. The van der Waals surface area contributed by atoms with Crippen LogP contribution in [-0.2, 0) is 38.5 Å². The van der Waals surface area contributed by atoms with E-state index in [1.54, 1.807) is 4.98 Å². The Hall–Kier alpha value is -3.26.